The number of amides is 2. The third kappa shape index (κ3) is 2.48. The van der Waals surface area contributed by atoms with Crippen LogP contribution in [0.3, 0.4) is 0 Å². The maximum absolute atomic E-state index is 12.0. The van der Waals surface area contributed by atoms with Crippen LogP contribution >= 0.6 is 0 Å². The van der Waals surface area contributed by atoms with Crippen LogP contribution in [-0.2, 0) is 9.63 Å². The molecule has 1 N–H and O–H groups in total. The van der Waals surface area contributed by atoms with Crippen LogP contribution in [0.4, 0.5) is 0 Å². The van der Waals surface area contributed by atoms with E-state index in [0.29, 0.717) is 11.5 Å². The fraction of sp³-hybridized carbons (Fsp3) is 0.308. The largest absolute Gasteiger partial charge is 0.481 e. The number of hydrogen-bond donors (Lipinski definition) is 1. The highest BCUT2D eigenvalue weighted by molar-refractivity contribution is 6.20. The van der Waals surface area contributed by atoms with Gasteiger partial charge >= 0.3 is 5.97 Å². The first kappa shape index (κ1) is 13.2. The molecule has 0 saturated heterocycles. The van der Waals surface area contributed by atoms with E-state index in [4.69, 9.17) is 9.94 Å². The molecule has 1 aliphatic rings. The number of hydrogen-bond acceptors (Lipinski definition) is 4. The number of aliphatic carboxylic acids is 1. The van der Waals surface area contributed by atoms with Crippen molar-refractivity contribution in [1.82, 2.24) is 5.06 Å². The minimum atomic E-state index is -1.04. The summed E-state index contributed by atoms with van der Waals surface area (Å²) in [5, 5.41) is 9.38. The van der Waals surface area contributed by atoms with E-state index in [1.54, 1.807) is 19.1 Å². The number of carbonyl (C=O) groups is 3. The summed E-state index contributed by atoms with van der Waals surface area (Å²) in [6.45, 7) is 1.73. The van der Waals surface area contributed by atoms with Crippen LogP contribution in [-0.4, -0.2) is 34.1 Å². The molecule has 1 aromatic carbocycles. The fourth-order valence-corrected chi connectivity index (χ4v) is 1.86. The molecule has 6 nitrogen and oxygen atoms in total. The first-order valence-corrected chi connectivity index (χ1v) is 5.91. The van der Waals surface area contributed by atoms with Crippen molar-refractivity contribution < 1.29 is 24.3 Å². The molecule has 1 atom stereocenters. The van der Waals surface area contributed by atoms with Gasteiger partial charge in [0.15, 0.2) is 0 Å². The van der Waals surface area contributed by atoms with Crippen molar-refractivity contribution in [2.24, 2.45) is 0 Å². The number of carboxylic acids is 1. The minimum Gasteiger partial charge on any atom is -0.481 e. The standard InChI is InChI=1S/C13H13NO5/c1-2-8(7-11(15)16)19-14-12(17)9-5-3-4-6-10(9)13(14)18/h3-6,8H,2,7H2,1H3,(H,15,16)/t8-/m1/s1. The van der Waals surface area contributed by atoms with Crippen molar-refractivity contribution in [3.05, 3.63) is 35.4 Å². The van der Waals surface area contributed by atoms with E-state index in [0.717, 1.165) is 0 Å². The molecule has 6 heteroatoms. The van der Waals surface area contributed by atoms with Gasteiger partial charge in [0, 0.05) is 0 Å². The number of hydroxylamine groups is 2. The number of imide groups is 1. The zero-order valence-corrected chi connectivity index (χ0v) is 10.3. The van der Waals surface area contributed by atoms with E-state index in [1.165, 1.54) is 12.1 Å². The summed E-state index contributed by atoms with van der Waals surface area (Å²) in [5.74, 6) is -2.14. The summed E-state index contributed by atoms with van der Waals surface area (Å²) in [5.41, 5.74) is 0.551. The highest BCUT2D eigenvalue weighted by Crippen LogP contribution is 2.24. The molecular weight excluding hydrogens is 250 g/mol. The summed E-state index contributed by atoms with van der Waals surface area (Å²) >= 11 is 0. The summed E-state index contributed by atoms with van der Waals surface area (Å²) in [7, 11) is 0. The second-order valence-electron chi connectivity index (χ2n) is 4.18. The lowest BCUT2D eigenvalue weighted by molar-refractivity contribution is -0.156. The first-order valence-electron chi connectivity index (χ1n) is 5.91. The van der Waals surface area contributed by atoms with Crippen LogP contribution < -0.4 is 0 Å². The zero-order valence-electron chi connectivity index (χ0n) is 10.3. The summed E-state index contributed by atoms with van der Waals surface area (Å²) in [4.78, 5) is 39.8. The van der Waals surface area contributed by atoms with Crippen LogP contribution in [0.25, 0.3) is 0 Å². The highest BCUT2D eigenvalue weighted by atomic mass is 16.7. The van der Waals surface area contributed by atoms with Gasteiger partial charge in [0.05, 0.1) is 23.7 Å². The van der Waals surface area contributed by atoms with E-state index >= 15 is 0 Å². The number of benzene rings is 1. The third-order valence-corrected chi connectivity index (χ3v) is 2.87. The Labute approximate surface area is 109 Å². The van der Waals surface area contributed by atoms with Gasteiger partial charge < -0.3 is 5.11 Å². The number of nitrogens with zero attached hydrogens (tertiary/aromatic N) is 1. The van der Waals surface area contributed by atoms with Gasteiger partial charge in [-0.3, -0.25) is 19.2 Å². The molecule has 0 saturated carbocycles. The molecule has 19 heavy (non-hydrogen) atoms. The molecule has 100 valence electrons. The molecule has 1 aromatic rings. The first-order chi connectivity index (χ1) is 9.04. The van der Waals surface area contributed by atoms with Crippen LogP contribution in [0, 0.1) is 0 Å². The van der Waals surface area contributed by atoms with Crippen LogP contribution in [0.2, 0.25) is 0 Å². The van der Waals surface area contributed by atoms with Crippen molar-refractivity contribution in [1.29, 1.82) is 0 Å². The monoisotopic (exact) mass is 263 g/mol. The van der Waals surface area contributed by atoms with Crippen molar-refractivity contribution in [3.8, 4) is 0 Å². The second-order valence-corrected chi connectivity index (χ2v) is 4.18. The number of carboxylic acid groups (broad SMARTS) is 1. The quantitative estimate of drug-likeness (QED) is 0.813. The highest BCUT2D eigenvalue weighted by Gasteiger charge is 2.38. The molecule has 1 aliphatic heterocycles. The molecule has 0 spiro atoms. The van der Waals surface area contributed by atoms with Gasteiger partial charge in [0.25, 0.3) is 11.8 Å². The van der Waals surface area contributed by atoms with Gasteiger partial charge in [-0.15, -0.1) is 5.06 Å². The van der Waals surface area contributed by atoms with Crippen LogP contribution in [0.15, 0.2) is 24.3 Å². The summed E-state index contributed by atoms with van der Waals surface area (Å²) in [6, 6.07) is 6.39. The van der Waals surface area contributed by atoms with Gasteiger partial charge in [-0.1, -0.05) is 19.1 Å². The number of carbonyl (C=O) groups excluding carboxylic acids is 2. The maximum atomic E-state index is 12.0. The van der Waals surface area contributed by atoms with Gasteiger partial charge in [0.1, 0.15) is 0 Å². The van der Waals surface area contributed by atoms with Crippen molar-refractivity contribution in [2.75, 3.05) is 0 Å². The molecule has 0 fully saturated rings. The number of rotatable bonds is 5. The second kappa shape index (κ2) is 5.19. The van der Waals surface area contributed by atoms with Gasteiger partial charge in [-0.2, -0.15) is 0 Å². The average Bonchev–Trinajstić information content (AvgIpc) is 2.63. The minimum absolute atomic E-state index is 0.260. The topological polar surface area (TPSA) is 83.9 Å². The SMILES string of the molecule is CC[C@H](CC(=O)O)ON1C(=O)c2ccccc2C1=O. The lowest BCUT2D eigenvalue weighted by atomic mass is 10.1. The lowest BCUT2D eigenvalue weighted by Crippen LogP contribution is -2.35. The maximum Gasteiger partial charge on any atom is 0.306 e. The molecule has 0 aromatic heterocycles. The van der Waals surface area contributed by atoms with Crippen molar-refractivity contribution >= 4 is 17.8 Å². The Morgan fingerprint density at radius 3 is 2.21 bits per heavy atom. The summed E-state index contributed by atoms with van der Waals surface area (Å²) in [6.07, 6.45) is -0.580. The smallest absolute Gasteiger partial charge is 0.306 e. The lowest BCUT2D eigenvalue weighted by Gasteiger charge is -2.19. The summed E-state index contributed by atoms with van der Waals surface area (Å²) < 4.78 is 0. The van der Waals surface area contributed by atoms with E-state index in [1.807, 2.05) is 0 Å². The Hall–Kier alpha value is -2.21. The molecule has 2 amide bonds. The number of fused-ring (bicyclic) bond motifs is 1. The van der Waals surface area contributed by atoms with Gasteiger partial charge in [0.2, 0.25) is 0 Å². The van der Waals surface area contributed by atoms with E-state index in [-0.39, 0.29) is 17.5 Å². The zero-order chi connectivity index (χ0) is 14.0. The van der Waals surface area contributed by atoms with E-state index < -0.39 is 23.9 Å². The van der Waals surface area contributed by atoms with Crippen LogP contribution in [0.5, 0.6) is 0 Å². The Kier molecular flexibility index (Phi) is 3.62. The fourth-order valence-electron chi connectivity index (χ4n) is 1.86. The van der Waals surface area contributed by atoms with E-state index in [2.05, 4.69) is 0 Å². The predicted molar refractivity (Wildman–Crippen MR) is 64.4 cm³/mol. The molecule has 0 aliphatic carbocycles. The van der Waals surface area contributed by atoms with E-state index in [9.17, 15) is 14.4 Å². The molecular formula is C13H13NO5. The molecule has 0 radical (unpaired) electrons. The predicted octanol–water partition coefficient (Wildman–Crippen LogP) is 1.47. The Balaban J connectivity index is 2.17. The Morgan fingerprint density at radius 2 is 1.79 bits per heavy atom. The van der Waals surface area contributed by atoms with Gasteiger partial charge in [-0.05, 0) is 18.6 Å². The normalized spacial score (nSPS) is 15.5. The van der Waals surface area contributed by atoms with Crippen LogP contribution in [0.1, 0.15) is 40.5 Å². The van der Waals surface area contributed by atoms with Crippen molar-refractivity contribution in [3.63, 3.8) is 0 Å². The van der Waals surface area contributed by atoms with Gasteiger partial charge in [-0.25, -0.2) is 0 Å². The van der Waals surface area contributed by atoms with Crippen molar-refractivity contribution in [2.45, 2.75) is 25.9 Å². The molecule has 2 rings (SSSR count). The molecule has 1 heterocycles. The molecule has 0 unspecified atom stereocenters. The third-order valence-electron chi connectivity index (χ3n) is 2.87. The average molecular weight is 263 g/mol. The Bertz CT molecular complexity index is 505. The Morgan fingerprint density at radius 1 is 1.26 bits per heavy atom. The molecule has 0 bridgehead atoms.